The van der Waals surface area contributed by atoms with Gasteiger partial charge in [-0.2, -0.15) is 0 Å². The molecule has 34 heavy (non-hydrogen) atoms. The molecule has 0 bridgehead atoms. The lowest BCUT2D eigenvalue weighted by Gasteiger charge is -2.25. The molecule has 7 nitrogen and oxygen atoms in total. The lowest BCUT2D eigenvalue weighted by atomic mass is 9.95. The Balaban J connectivity index is 2.09. The minimum Gasteiger partial charge on any atom is -0.507 e. The number of likely N-dealkylation sites (tertiary alicyclic amines) is 1. The fourth-order valence-corrected chi connectivity index (χ4v) is 4.49. The second-order valence-electron chi connectivity index (χ2n) is 8.01. The van der Waals surface area contributed by atoms with Crippen molar-refractivity contribution in [1.29, 1.82) is 0 Å². The summed E-state index contributed by atoms with van der Waals surface area (Å²) in [5.41, 5.74) is 0.810. The maximum Gasteiger partial charge on any atom is 0.295 e. The quantitative estimate of drug-likeness (QED) is 0.216. The molecule has 1 fully saturated rings. The van der Waals surface area contributed by atoms with Crippen molar-refractivity contribution in [3.05, 3.63) is 63.1 Å². The van der Waals surface area contributed by atoms with Gasteiger partial charge >= 0.3 is 0 Å². The molecule has 1 N–H and O–H groups in total. The number of ketones is 1. The summed E-state index contributed by atoms with van der Waals surface area (Å²) in [5.74, 6) is -0.979. The maximum atomic E-state index is 13.1. The zero-order chi connectivity index (χ0) is 25.0. The number of hydrogen-bond acceptors (Lipinski definition) is 6. The van der Waals surface area contributed by atoms with E-state index in [0.717, 1.165) is 0 Å². The number of ether oxygens (including phenoxy) is 3. The highest BCUT2D eigenvalue weighted by molar-refractivity contribution is 6.46. The molecule has 2 aromatic carbocycles. The van der Waals surface area contributed by atoms with Gasteiger partial charge in [0.25, 0.3) is 11.7 Å². The number of aliphatic hydroxyl groups is 1. The van der Waals surface area contributed by atoms with Crippen LogP contribution in [0.25, 0.3) is 5.76 Å². The number of rotatable bonds is 9. The summed E-state index contributed by atoms with van der Waals surface area (Å²) >= 11 is 12.5. The first-order valence-electron chi connectivity index (χ1n) is 10.8. The molecule has 3 rings (SSSR count). The Kier molecular flexibility index (Phi) is 8.47. The van der Waals surface area contributed by atoms with Gasteiger partial charge in [-0.3, -0.25) is 9.59 Å². The van der Waals surface area contributed by atoms with Crippen molar-refractivity contribution in [2.24, 2.45) is 0 Å². The van der Waals surface area contributed by atoms with E-state index in [4.69, 9.17) is 37.4 Å². The molecule has 0 aromatic heterocycles. The highest BCUT2D eigenvalue weighted by Crippen LogP contribution is 2.42. The third-order valence-corrected chi connectivity index (χ3v) is 6.00. The molecule has 1 atom stereocenters. The van der Waals surface area contributed by atoms with E-state index in [2.05, 4.69) is 0 Å². The van der Waals surface area contributed by atoms with Gasteiger partial charge in [0, 0.05) is 18.7 Å². The smallest absolute Gasteiger partial charge is 0.295 e. The standard InChI is InChI=1S/C25H27Cl2NO6/c1-14(2)34-11-5-10-28-21(15-6-8-17(32-3)9-7-15)20(23(30)25(28)31)22(29)16-12-18(26)24(33-4)19(27)13-16/h6-9,12-14,21,29H,5,10-11H2,1-4H3/b22-20+. The van der Waals surface area contributed by atoms with E-state index in [1.165, 1.54) is 24.1 Å². The lowest BCUT2D eigenvalue weighted by molar-refractivity contribution is -0.140. The Labute approximate surface area is 208 Å². The molecule has 0 aliphatic carbocycles. The summed E-state index contributed by atoms with van der Waals surface area (Å²) in [5, 5.41) is 11.5. The van der Waals surface area contributed by atoms with Crippen LogP contribution in [0.4, 0.5) is 0 Å². The van der Waals surface area contributed by atoms with Crippen LogP contribution in [0.1, 0.15) is 37.4 Å². The Hall–Kier alpha value is -2.74. The van der Waals surface area contributed by atoms with Crippen LogP contribution in [0.5, 0.6) is 11.5 Å². The Morgan fingerprint density at radius 2 is 1.68 bits per heavy atom. The molecular formula is C25H27Cl2NO6. The summed E-state index contributed by atoms with van der Waals surface area (Å²) in [6.45, 7) is 4.55. The first kappa shape index (κ1) is 25.9. The highest BCUT2D eigenvalue weighted by Gasteiger charge is 2.45. The van der Waals surface area contributed by atoms with Crippen LogP contribution in [-0.4, -0.2) is 55.2 Å². The van der Waals surface area contributed by atoms with Crippen molar-refractivity contribution < 1.29 is 28.9 Å². The van der Waals surface area contributed by atoms with Crippen molar-refractivity contribution in [3.63, 3.8) is 0 Å². The topological polar surface area (TPSA) is 85.3 Å². The number of hydrogen-bond donors (Lipinski definition) is 1. The van der Waals surface area contributed by atoms with Gasteiger partial charge < -0.3 is 24.2 Å². The molecule has 0 spiro atoms. The van der Waals surface area contributed by atoms with Crippen LogP contribution in [0.15, 0.2) is 42.0 Å². The third kappa shape index (κ3) is 5.32. The minimum absolute atomic E-state index is 0.0442. The molecule has 1 saturated heterocycles. The van der Waals surface area contributed by atoms with Crippen LogP contribution < -0.4 is 9.47 Å². The van der Waals surface area contributed by atoms with E-state index in [0.29, 0.717) is 24.3 Å². The van der Waals surface area contributed by atoms with Gasteiger partial charge in [-0.1, -0.05) is 35.3 Å². The summed E-state index contributed by atoms with van der Waals surface area (Å²) in [4.78, 5) is 27.6. The fraction of sp³-hybridized carbons (Fsp3) is 0.360. The molecular weight excluding hydrogens is 481 g/mol. The monoisotopic (exact) mass is 507 g/mol. The average Bonchev–Trinajstić information content (AvgIpc) is 3.06. The molecule has 1 aliphatic rings. The zero-order valence-corrected chi connectivity index (χ0v) is 20.9. The Morgan fingerprint density at radius 3 is 2.21 bits per heavy atom. The average molecular weight is 508 g/mol. The number of nitrogens with zero attached hydrogens (tertiary/aromatic N) is 1. The van der Waals surface area contributed by atoms with Gasteiger partial charge in [-0.15, -0.1) is 0 Å². The molecule has 182 valence electrons. The second kappa shape index (κ2) is 11.1. The molecule has 1 heterocycles. The number of aliphatic hydroxyl groups excluding tert-OH is 1. The molecule has 0 saturated carbocycles. The largest absolute Gasteiger partial charge is 0.507 e. The van der Waals surface area contributed by atoms with Crippen LogP contribution in [0.2, 0.25) is 10.0 Å². The number of halogens is 2. The van der Waals surface area contributed by atoms with Gasteiger partial charge in [0.2, 0.25) is 0 Å². The highest BCUT2D eigenvalue weighted by atomic mass is 35.5. The number of Topliss-reactive ketones (excluding diaryl/α,β-unsaturated/α-hetero) is 1. The summed E-state index contributed by atoms with van der Waals surface area (Å²) in [6, 6.07) is 9.07. The summed E-state index contributed by atoms with van der Waals surface area (Å²) < 4.78 is 16.0. The first-order chi connectivity index (χ1) is 16.2. The summed E-state index contributed by atoms with van der Waals surface area (Å²) in [6.07, 6.45) is 0.579. The molecule has 1 amide bonds. The van der Waals surface area contributed by atoms with E-state index < -0.39 is 17.7 Å². The van der Waals surface area contributed by atoms with E-state index in [1.807, 2.05) is 13.8 Å². The van der Waals surface area contributed by atoms with Crippen LogP contribution >= 0.6 is 23.2 Å². The summed E-state index contributed by atoms with van der Waals surface area (Å²) in [7, 11) is 2.97. The number of carbonyl (C=O) groups is 2. The Morgan fingerprint density at radius 1 is 1.06 bits per heavy atom. The Bertz CT molecular complexity index is 1070. The minimum atomic E-state index is -0.801. The number of benzene rings is 2. The molecule has 0 radical (unpaired) electrons. The van der Waals surface area contributed by atoms with Crippen molar-refractivity contribution in [3.8, 4) is 11.5 Å². The normalized spacial score (nSPS) is 17.5. The number of methoxy groups -OCH3 is 2. The maximum absolute atomic E-state index is 13.1. The van der Waals surface area contributed by atoms with Gasteiger partial charge in [0.1, 0.15) is 11.5 Å². The predicted molar refractivity (Wildman–Crippen MR) is 131 cm³/mol. The van der Waals surface area contributed by atoms with Crippen molar-refractivity contribution >= 4 is 40.7 Å². The number of carbonyl (C=O) groups excluding carboxylic acids is 2. The molecule has 9 heteroatoms. The third-order valence-electron chi connectivity index (χ3n) is 5.44. The van der Waals surface area contributed by atoms with Crippen LogP contribution in [0, 0.1) is 0 Å². The molecule has 1 aliphatic heterocycles. The lowest BCUT2D eigenvalue weighted by Crippen LogP contribution is -2.31. The van der Waals surface area contributed by atoms with Gasteiger partial charge in [-0.25, -0.2) is 0 Å². The van der Waals surface area contributed by atoms with Crippen LogP contribution in [0.3, 0.4) is 0 Å². The van der Waals surface area contributed by atoms with Crippen molar-refractivity contribution in [1.82, 2.24) is 4.90 Å². The van der Waals surface area contributed by atoms with E-state index in [9.17, 15) is 14.7 Å². The predicted octanol–water partition coefficient (Wildman–Crippen LogP) is 5.25. The van der Waals surface area contributed by atoms with Crippen molar-refractivity contribution in [2.45, 2.75) is 32.4 Å². The SMILES string of the molecule is COc1ccc(C2/C(=C(\O)c3cc(Cl)c(OC)c(Cl)c3)C(=O)C(=O)N2CCCOC(C)C)cc1. The molecule has 2 aromatic rings. The van der Waals surface area contributed by atoms with Gasteiger partial charge in [-0.05, 0) is 50.1 Å². The van der Waals surface area contributed by atoms with E-state index in [1.54, 1.807) is 31.4 Å². The molecule has 1 unspecified atom stereocenters. The van der Waals surface area contributed by atoms with Gasteiger partial charge in [0.15, 0.2) is 5.75 Å². The second-order valence-corrected chi connectivity index (χ2v) is 8.83. The van der Waals surface area contributed by atoms with Crippen molar-refractivity contribution in [2.75, 3.05) is 27.4 Å². The number of amides is 1. The zero-order valence-electron chi connectivity index (χ0n) is 19.4. The van der Waals surface area contributed by atoms with E-state index >= 15 is 0 Å². The van der Waals surface area contributed by atoms with Crippen LogP contribution in [-0.2, 0) is 14.3 Å². The first-order valence-corrected chi connectivity index (χ1v) is 11.5. The van der Waals surface area contributed by atoms with Gasteiger partial charge in [0.05, 0.1) is 42.0 Å². The fourth-order valence-electron chi connectivity index (χ4n) is 3.84. The van der Waals surface area contributed by atoms with E-state index in [-0.39, 0.29) is 45.3 Å².